The van der Waals surface area contributed by atoms with Gasteiger partial charge in [0.1, 0.15) is 0 Å². The topological polar surface area (TPSA) is 0 Å². The second kappa shape index (κ2) is 4.81. The van der Waals surface area contributed by atoms with Gasteiger partial charge in [-0.1, -0.05) is 48.5 Å². The zero-order valence-electron chi connectivity index (χ0n) is 13.5. The van der Waals surface area contributed by atoms with Crippen molar-refractivity contribution in [1.29, 1.82) is 0 Å². The third-order valence-corrected chi connectivity index (χ3v) is 6.32. The smallest absolute Gasteiger partial charge is 0.0361 e. The fraction of sp³-hybridized carbons (Fsp3) is 0. The molecule has 0 atom stereocenters. The van der Waals surface area contributed by atoms with Gasteiger partial charge in [-0.15, -0.1) is 11.3 Å². The first kappa shape index (κ1) is 13.4. The SMILES string of the molecule is c1ccc2cc3cc4c(ccc5sc6ccccc6c54)cc3cc2c1. The maximum absolute atomic E-state index is 2.37. The third-order valence-electron chi connectivity index (χ3n) is 5.18. The van der Waals surface area contributed by atoms with E-state index < -0.39 is 0 Å². The molecule has 0 fully saturated rings. The molecule has 0 nitrogen and oxygen atoms in total. The van der Waals surface area contributed by atoms with Crippen LogP contribution in [0.5, 0.6) is 0 Å². The van der Waals surface area contributed by atoms with Gasteiger partial charge in [-0.25, -0.2) is 0 Å². The lowest BCUT2D eigenvalue weighted by Gasteiger charge is -2.06. The maximum Gasteiger partial charge on any atom is 0.0361 e. The van der Waals surface area contributed by atoms with Gasteiger partial charge < -0.3 is 0 Å². The van der Waals surface area contributed by atoms with E-state index in [4.69, 9.17) is 0 Å². The van der Waals surface area contributed by atoms with E-state index in [-0.39, 0.29) is 0 Å². The molecule has 5 aromatic carbocycles. The van der Waals surface area contributed by atoms with Crippen molar-refractivity contribution in [3.05, 3.63) is 84.9 Å². The Bertz CT molecular complexity index is 1440. The van der Waals surface area contributed by atoms with E-state index in [2.05, 4.69) is 84.9 Å². The van der Waals surface area contributed by atoms with Gasteiger partial charge in [-0.2, -0.15) is 0 Å². The summed E-state index contributed by atoms with van der Waals surface area (Å²) in [6, 6.07) is 31.2. The Morgan fingerprint density at radius 2 is 1.12 bits per heavy atom. The lowest BCUT2D eigenvalue weighted by atomic mass is 9.97. The predicted octanol–water partition coefficient (Wildman–Crippen LogP) is 7.51. The number of benzene rings is 5. The standard InChI is InChI=1S/C24H14S/c1-2-6-16-12-19-14-21-17(13-18(19)11-15(16)5-1)9-10-23-24(21)20-7-3-4-8-22(20)25-23/h1-14H. The fourth-order valence-electron chi connectivity index (χ4n) is 3.99. The van der Waals surface area contributed by atoms with Crippen molar-refractivity contribution in [3.8, 4) is 0 Å². The molecular formula is C24H14S. The lowest BCUT2D eigenvalue weighted by molar-refractivity contribution is 1.79. The van der Waals surface area contributed by atoms with E-state index >= 15 is 0 Å². The predicted molar refractivity (Wildman–Crippen MR) is 112 cm³/mol. The van der Waals surface area contributed by atoms with Gasteiger partial charge in [0.25, 0.3) is 0 Å². The number of rotatable bonds is 0. The summed E-state index contributed by atoms with van der Waals surface area (Å²) in [4.78, 5) is 0. The van der Waals surface area contributed by atoms with Crippen LogP contribution in [0.3, 0.4) is 0 Å². The quantitative estimate of drug-likeness (QED) is 0.252. The normalized spacial score (nSPS) is 12.0. The van der Waals surface area contributed by atoms with Crippen molar-refractivity contribution in [2.75, 3.05) is 0 Å². The minimum atomic E-state index is 1.30. The van der Waals surface area contributed by atoms with E-state index in [0.29, 0.717) is 0 Å². The first-order valence-corrected chi connectivity index (χ1v) is 9.35. The summed E-state index contributed by atoms with van der Waals surface area (Å²) in [5.41, 5.74) is 0. The van der Waals surface area contributed by atoms with Crippen molar-refractivity contribution in [2.45, 2.75) is 0 Å². The molecule has 0 aliphatic heterocycles. The van der Waals surface area contributed by atoms with E-state index in [9.17, 15) is 0 Å². The van der Waals surface area contributed by atoms with E-state index in [1.807, 2.05) is 11.3 Å². The van der Waals surface area contributed by atoms with Gasteiger partial charge in [0.15, 0.2) is 0 Å². The molecule has 0 saturated carbocycles. The molecule has 116 valence electrons. The van der Waals surface area contributed by atoms with Gasteiger partial charge in [-0.3, -0.25) is 0 Å². The second-order valence-electron chi connectivity index (χ2n) is 6.66. The average molecular weight is 334 g/mol. The monoisotopic (exact) mass is 334 g/mol. The van der Waals surface area contributed by atoms with Crippen LogP contribution in [0.15, 0.2) is 84.9 Å². The summed E-state index contributed by atoms with van der Waals surface area (Å²) in [6.07, 6.45) is 0. The van der Waals surface area contributed by atoms with Crippen molar-refractivity contribution < 1.29 is 0 Å². The third kappa shape index (κ3) is 1.87. The molecule has 0 aliphatic carbocycles. The Hall–Kier alpha value is -2.90. The van der Waals surface area contributed by atoms with Crippen LogP contribution in [-0.4, -0.2) is 0 Å². The summed E-state index contributed by atoms with van der Waals surface area (Å²) in [5, 5.41) is 10.7. The number of hydrogen-bond donors (Lipinski definition) is 0. The number of thiophene rings is 1. The molecule has 6 aromatic rings. The van der Waals surface area contributed by atoms with E-state index in [0.717, 1.165) is 0 Å². The van der Waals surface area contributed by atoms with Crippen LogP contribution in [0.2, 0.25) is 0 Å². The van der Waals surface area contributed by atoms with Gasteiger partial charge in [0, 0.05) is 20.2 Å². The highest BCUT2D eigenvalue weighted by Crippen LogP contribution is 2.39. The molecule has 0 amide bonds. The summed E-state index contributed by atoms with van der Waals surface area (Å²) in [6.45, 7) is 0. The highest BCUT2D eigenvalue weighted by atomic mass is 32.1. The molecule has 0 bridgehead atoms. The minimum absolute atomic E-state index is 1.30. The molecular weight excluding hydrogens is 320 g/mol. The van der Waals surface area contributed by atoms with E-state index in [1.54, 1.807) is 0 Å². The van der Waals surface area contributed by atoms with Crippen molar-refractivity contribution >= 4 is 63.8 Å². The van der Waals surface area contributed by atoms with Crippen LogP contribution >= 0.6 is 11.3 Å². The van der Waals surface area contributed by atoms with Crippen molar-refractivity contribution in [3.63, 3.8) is 0 Å². The molecule has 1 aromatic heterocycles. The number of hydrogen-bond acceptors (Lipinski definition) is 1. The fourth-order valence-corrected chi connectivity index (χ4v) is 5.11. The highest BCUT2D eigenvalue weighted by molar-refractivity contribution is 7.26. The summed E-state index contributed by atoms with van der Waals surface area (Å²) in [5.74, 6) is 0. The summed E-state index contributed by atoms with van der Waals surface area (Å²) < 4.78 is 2.73. The summed E-state index contributed by atoms with van der Waals surface area (Å²) in [7, 11) is 0. The summed E-state index contributed by atoms with van der Waals surface area (Å²) >= 11 is 1.88. The zero-order chi connectivity index (χ0) is 16.4. The van der Waals surface area contributed by atoms with Crippen LogP contribution in [0.4, 0.5) is 0 Å². The van der Waals surface area contributed by atoms with Crippen LogP contribution in [0.1, 0.15) is 0 Å². The Balaban J connectivity index is 1.83. The lowest BCUT2D eigenvalue weighted by Crippen LogP contribution is -1.79. The molecule has 0 spiro atoms. The van der Waals surface area contributed by atoms with Crippen LogP contribution < -0.4 is 0 Å². The highest BCUT2D eigenvalue weighted by Gasteiger charge is 2.09. The molecule has 1 heterocycles. The zero-order valence-corrected chi connectivity index (χ0v) is 14.3. The Morgan fingerprint density at radius 1 is 0.440 bits per heavy atom. The van der Waals surface area contributed by atoms with Crippen molar-refractivity contribution in [1.82, 2.24) is 0 Å². The van der Waals surface area contributed by atoms with Crippen LogP contribution in [0, 0.1) is 0 Å². The van der Waals surface area contributed by atoms with Gasteiger partial charge in [-0.05, 0) is 68.7 Å². The van der Waals surface area contributed by atoms with Crippen LogP contribution in [-0.2, 0) is 0 Å². The molecule has 0 aliphatic rings. The van der Waals surface area contributed by atoms with Gasteiger partial charge >= 0.3 is 0 Å². The largest absolute Gasteiger partial charge is 0.135 e. The minimum Gasteiger partial charge on any atom is -0.135 e. The maximum atomic E-state index is 2.37. The number of fused-ring (bicyclic) bond motifs is 7. The molecule has 0 unspecified atom stereocenters. The first-order valence-electron chi connectivity index (χ1n) is 8.53. The molecule has 0 saturated heterocycles. The Labute approximate surface area is 148 Å². The average Bonchev–Trinajstić information content (AvgIpc) is 3.04. The first-order chi connectivity index (χ1) is 12.4. The van der Waals surface area contributed by atoms with Gasteiger partial charge in [0.05, 0.1) is 0 Å². The Morgan fingerprint density at radius 3 is 1.96 bits per heavy atom. The van der Waals surface area contributed by atoms with Crippen LogP contribution in [0.25, 0.3) is 52.5 Å². The van der Waals surface area contributed by atoms with E-state index in [1.165, 1.54) is 52.5 Å². The molecule has 0 N–H and O–H groups in total. The van der Waals surface area contributed by atoms with Gasteiger partial charge in [0.2, 0.25) is 0 Å². The van der Waals surface area contributed by atoms with Crippen molar-refractivity contribution in [2.24, 2.45) is 0 Å². The second-order valence-corrected chi connectivity index (χ2v) is 7.74. The molecule has 1 heteroatoms. The molecule has 6 rings (SSSR count). The molecule has 25 heavy (non-hydrogen) atoms. The Kier molecular flexibility index (Phi) is 2.58. The molecule has 0 radical (unpaired) electrons.